The fourth-order valence-corrected chi connectivity index (χ4v) is 2.06. The van der Waals surface area contributed by atoms with Crippen molar-refractivity contribution in [3.63, 3.8) is 0 Å². The molecule has 2 aromatic heterocycles. The Hall–Kier alpha value is -1.54. The Morgan fingerprint density at radius 1 is 1.27 bits per heavy atom. The van der Waals surface area contributed by atoms with E-state index in [-0.39, 0.29) is 19.0 Å². The molecule has 0 amide bonds. The number of halogens is 4. The van der Waals surface area contributed by atoms with E-state index < -0.39 is 11.9 Å². The molecule has 0 radical (unpaired) electrons. The lowest BCUT2D eigenvalue weighted by atomic mass is 10.3. The molecule has 0 aromatic carbocycles. The van der Waals surface area contributed by atoms with Gasteiger partial charge in [-0.05, 0) is 12.5 Å². The second-order valence-corrected chi connectivity index (χ2v) is 4.86. The van der Waals surface area contributed by atoms with E-state index in [1.54, 1.807) is 6.20 Å². The van der Waals surface area contributed by atoms with Crippen LogP contribution in [0.25, 0.3) is 0 Å². The predicted octanol–water partition coefficient (Wildman–Crippen LogP) is 2.76. The zero-order chi connectivity index (χ0) is 15.5. The summed E-state index contributed by atoms with van der Waals surface area (Å²) in [4.78, 5) is 0. The van der Waals surface area contributed by atoms with Gasteiger partial charge in [0, 0.05) is 38.4 Å². The van der Waals surface area contributed by atoms with Crippen LogP contribution in [0.1, 0.15) is 30.3 Å². The van der Waals surface area contributed by atoms with E-state index in [0.717, 1.165) is 29.3 Å². The Balaban J connectivity index is 0.00000242. The quantitative estimate of drug-likeness (QED) is 0.881. The van der Waals surface area contributed by atoms with E-state index in [1.807, 2.05) is 10.9 Å². The highest BCUT2D eigenvalue weighted by molar-refractivity contribution is 5.85. The fraction of sp³-hybridized carbons (Fsp3) is 0.538. The first-order valence-corrected chi connectivity index (χ1v) is 6.72. The molecule has 0 spiro atoms. The van der Waals surface area contributed by atoms with E-state index >= 15 is 0 Å². The highest BCUT2D eigenvalue weighted by Crippen LogP contribution is 2.29. The molecule has 2 aromatic rings. The second-order valence-electron chi connectivity index (χ2n) is 4.86. The highest BCUT2D eigenvalue weighted by atomic mass is 35.5. The number of hydrogen-bond donors (Lipinski definition) is 1. The number of alkyl halides is 3. The number of hydrogen-bond acceptors (Lipinski definition) is 3. The van der Waals surface area contributed by atoms with E-state index in [2.05, 4.69) is 22.4 Å². The minimum Gasteiger partial charge on any atom is -0.307 e. The lowest BCUT2D eigenvalue weighted by Gasteiger charge is -2.04. The second kappa shape index (κ2) is 7.64. The third kappa shape index (κ3) is 4.74. The molecule has 0 unspecified atom stereocenters. The van der Waals surface area contributed by atoms with Crippen molar-refractivity contribution in [3.05, 3.63) is 35.4 Å². The molecular weight excluding hydrogens is 319 g/mol. The predicted molar refractivity (Wildman–Crippen MR) is 78.5 cm³/mol. The third-order valence-electron chi connectivity index (χ3n) is 3.00. The van der Waals surface area contributed by atoms with Gasteiger partial charge in [-0.2, -0.15) is 23.4 Å². The van der Waals surface area contributed by atoms with E-state index in [4.69, 9.17) is 0 Å². The van der Waals surface area contributed by atoms with Crippen LogP contribution in [0.15, 0.2) is 18.5 Å². The van der Waals surface area contributed by atoms with Gasteiger partial charge in [0.25, 0.3) is 0 Å². The number of rotatable bonds is 6. The van der Waals surface area contributed by atoms with Crippen LogP contribution < -0.4 is 5.32 Å². The molecule has 5 nitrogen and oxygen atoms in total. The Labute approximate surface area is 132 Å². The topological polar surface area (TPSA) is 47.7 Å². The van der Waals surface area contributed by atoms with Crippen LogP contribution in [0, 0.1) is 0 Å². The van der Waals surface area contributed by atoms with Crippen LogP contribution in [0.5, 0.6) is 0 Å². The third-order valence-corrected chi connectivity index (χ3v) is 3.00. The molecule has 0 atom stereocenters. The number of aromatic nitrogens is 4. The van der Waals surface area contributed by atoms with Gasteiger partial charge in [-0.25, -0.2) is 0 Å². The van der Waals surface area contributed by atoms with Crippen LogP contribution in [-0.4, -0.2) is 19.6 Å². The summed E-state index contributed by atoms with van der Waals surface area (Å²) in [5.41, 5.74) is 0.622. The largest absolute Gasteiger partial charge is 0.433 e. The molecule has 22 heavy (non-hydrogen) atoms. The van der Waals surface area contributed by atoms with Crippen molar-refractivity contribution in [3.8, 4) is 0 Å². The molecule has 0 saturated heterocycles. The standard InChI is InChI=1S/C13H18F3N5.ClH/c1-3-4-21-9-10(7-18-21)6-17-8-11-5-12(13(14,15)16)20(2)19-11;/h5,7,9,17H,3-4,6,8H2,1-2H3;1H. The van der Waals surface area contributed by atoms with Gasteiger partial charge in [-0.1, -0.05) is 6.92 Å². The monoisotopic (exact) mass is 337 g/mol. The van der Waals surface area contributed by atoms with Gasteiger partial charge in [0.15, 0.2) is 0 Å². The van der Waals surface area contributed by atoms with Crippen molar-refractivity contribution in [2.45, 2.75) is 39.2 Å². The Morgan fingerprint density at radius 2 is 2.00 bits per heavy atom. The van der Waals surface area contributed by atoms with Crippen LogP contribution >= 0.6 is 12.4 Å². The molecule has 0 saturated carbocycles. The SMILES string of the molecule is CCCn1cc(CNCc2cc(C(F)(F)F)n(C)n2)cn1.Cl. The van der Waals surface area contributed by atoms with Gasteiger partial charge in [-0.15, -0.1) is 12.4 Å². The fourth-order valence-electron chi connectivity index (χ4n) is 2.06. The maximum atomic E-state index is 12.6. The maximum absolute atomic E-state index is 12.6. The van der Waals surface area contributed by atoms with Gasteiger partial charge < -0.3 is 5.32 Å². The first-order valence-electron chi connectivity index (χ1n) is 6.72. The van der Waals surface area contributed by atoms with Gasteiger partial charge in [0.2, 0.25) is 0 Å². The first kappa shape index (κ1) is 18.5. The molecule has 2 rings (SSSR count). The number of aryl methyl sites for hydroxylation is 2. The summed E-state index contributed by atoms with van der Waals surface area (Å²) in [6, 6.07) is 1.06. The average Bonchev–Trinajstić information content (AvgIpc) is 2.96. The zero-order valence-corrected chi connectivity index (χ0v) is 13.2. The van der Waals surface area contributed by atoms with Crippen molar-refractivity contribution in [2.24, 2.45) is 7.05 Å². The Kier molecular flexibility index (Phi) is 6.43. The minimum atomic E-state index is -4.37. The summed E-state index contributed by atoms with van der Waals surface area (Å²) < 4.78 is 40.6. The molecule has 124 valence electrons. The van der Waals surface area contributed by atoms with Crippen molar-refractivity contribution in [2.75, 3.05) is 0 Å². The molecule has 0 fully saturated rings. The van der Waals surface area contributed by atoms with Crippen LogP contribution in [0.2, 0.25) is 0 Å². The summed E-state index contributed by atoms with van der Waals surface area (Å²) >= 11 is 0. The van der Waals surface area contributed by atoms with Crippen molar-refractivity contribution in [1.29, 1.82) is 0 Å². The Morgan fingerprint density at radius 3 is 2.59 bits per heavy atom. The molecule has 0 bridgehead atoms. The van der Waals surface area contributed by atoms with Crippen LogP contribution in [0.4, 0.5) is 13.2 Å². The minimum absolute atomic E-state index is 0. The molecule has 0 aliphatic heterocycles. The normalized spacial score (nSPS) is 11.5. The first-order chi connectivity index (χ1) is 9.90. The molecule has 9 heteroatoms. The van der Waals surface area contributed by atoms with Crippen molar-refractivity contribution < 1.29 is 13.2 Å². The lowest BCUT2D eigenvalue weighted by Crippen LogP contribution is -2.13. The van der Waals surface area contributed by atoms with Gasteiger partial charge >= 0.3 is 6.18 Å². The van der Waals surface area contributed by atoms with E-state index in [9.17, 15) is 13.2 Å². The molecule has 0 aliphatic rings. The van der Waals surface area contributed by atoms with E-state index in [0.29, 0.717) is 12.2 Å². The highest BCUT2D eigenvalue weighted by Gasteiger charge is 2.34. The molecular formula is C13H19ClF3N5. The molecule has 2 heterocycles. The van der Waals surface area contributed by atoms with Crippen LogP contribution in [-0.2, 0) is 32.9 Å². The summed E-state index contributed by atoms with van der Waals surface area (Å²) in [6.07, 6.45) is 0.308. The summed E-state index contributed by atoms with van der Waals surface area (Å²) in [5.74, 6) is 0. The van der Waals surface area contributed by atoms with E-state index in [1.165, 1.54) is 7.05 Å². The molecule has 0 aliphatic carbocycles. The van der Waals surface area contributed by atoms with Gasteiger partial charge in [0.1, 0.15) is 5.69 Å². The summed E-state index contributed by atoms with van der Waals surface area (Å²) in [5, 5.41) is 11.1. The van der Waals surface area contributed by atoms with Crippen molar-refractivity contribution >= 4 is 12.4 Å². The summed E-state index contributed by atoms with van der Waals surface area (Å²) in [7, 11) is 1.29. The maximum Gasteiger partial charge on any atom is 0.433 e. The van der Waals surface area contributed by atoms with Crippen molar-refractivity contribution in [1.82, 2.24) is 24.9 Å². The average molecular weight is 338 g/mol. The zero-order valence-electron chi connectivity index (χ0n) is 12.4. The number of nitrogens with one attached hydrogen (secondary N) is 1. The van der Waals surface area contributed by atoms with Gasteiger partial charge in [0.05, 0.1) is 11.9 Å². The Bertz CT molecular complexity index is 591. The van der Waals surface area contributed by atoms with Crippen LogP contribution in [0.3, 0.4) is 0 Å². The molecule has 1 N–H and O–H groups in total. The smallest absolute Gasteiger partial charge is 0.307 e. The van der Waals surface area contributed by atoms with Gasteiger partial charge in [-0.3, -0.25) is 9.36 Å². The number of nitrogens with zero attached hydrogens (tertiary/aromatic N) is 4. The summed E-state index contributed by atoms with van der Waals surface area (Å²) in [6.45, 7) is 3.75. The lowest BCUT2D eigenvalue weighted by molar-refractivity contribution is -0.143.